The molecule has 0 spiro atoms. The Kier molecular flexibility index (Phi) is 3.73. The Bertz CT molecular complexity index is 513. The highest BCUT2D eigenvalue weighted by atomic mass is 16.5. The molecule has 0 aromatic rings. The molecular formula is C17H27N3O2. The molecule has 1 unspecified atom stereocenters. The second-order valence-electron chi connectivity index (χ2n) is 7.99. The van der Waals surface area contributed by atoms with Gasteiger partial charge in [0.05, 0.1) is 25.8 Å². The molecule has 0 aromatic carbocycles. The Hall–Kier alpha value is -1.12. The average Bonchev–Trinajstić information content (AvgIpc) is 2.96. The summed E-state index contributed by atoms with van der Waals surface area (Å²) in [7, 11) is 0. The largest absolute Gasteiger partial charge is 0.379 e. The van der Waals surface area contributed by atoms with Crippen LogP contribution in [0.5, 0.6) is 0 Å². The Morgan fingerprint density at radius 1 is 1.36 bits per heavy atom. The monoisotopic (exact) mass is 305 g/mol. The van der Waals surface area contributed by atoms with Crippen molar-refractivity contribution < 1.29 is 9.53 Å². The number of nitrogens with zero attached hydrogens (tertiary/aromatic N) is 2. The summed E-state index contributed by atoms with van der Waals surface area (Å²) in [6.45, 7) is 9.39. The van der Waals surface area contributed by atoms with Crippen LogP contribution in [0.4, 0.5) is 0 Å². The third-order valence-electron chi connectivity index (χ3n) is 6.88. The van der Waals surface area contributed by atoms with E-state index in [1.807, 2.05) is 0 Å². The van der Waals surface area contributed by atoms with Gasteiger partial charge in [-0.2, -0.15) is 5.26 Å². The lowest BCUT2D eigenvalue weighted by molar-refractivity contribution is -0.134. The first kappa shape index (κ1) is 15.8. The van der Waals surface area contributed by atoms with Crippen molar-refractivity contribution in [2.24, 2.45) is 10.8 Å². The molecule has 1 saturated carbocycles. The molecule has 1 N–H and O–H groups in total. The number of rotatable bonds is 3. The van der Waals surface area contributed by atoms with E-state index in [0.29, 0.717) is 19.7 Å². The number of ether oxygens (including phenoxy) is 1. The van der Waals surface area contributed by atoms with E-state index in [0.717, 1.165) is 32.3 Å². The minimum atomic E-state index is -0.240. The number of hydrogen-bond acceptors (Lipinski definition) is 4. The van der Waals surface area contributed by atoms with Gasteiger partial charge in [-0.25, -0.2) is 0 Å². The molecule has 2 aliphatic heterocycles. The Morgan fingerprint density at radius 2 is 2.14 bits per heavy atom. The maximum Gasteiger partial charge on any atom is 0.237 e. The van der Waals surface area contributed by atoms with Crippen LogP contribution in [0.3, 0.4) is 0 Å². The van der Waals surface area contributed by atoms with E-state index in [9.17, 15) is 4.79 Å². The second-order valence-corrected chi connectivity index (χ2v) is 7.99. The highest BCUT2D eigenvalue weighted by molar-refractivity contribution is 5.79. The molecule has 2 saturated heterocycles. The van der Waals surface area contributed by atoms with E-state index in [4.69, 9.17) is 10.00 Å². The van der Waals surface area contributed by atoms with Crippen LogP contribution >= 0.6 is 0 Å². The smallest absolute Gasteiger partial charge is 0.237 e. The number of amides is 1. The predicted octanol–water partition coefficient (Wildman–Crippen LogP) is 1.69. The fraction of sp³-hybridized carbons (Fsp3) is 0.882. The van der Waals surface area contributed by atoms with Crippen LogP contribution in [0.15, 0.2) is 0 Å². The Balaban J connectivity index is 1.69. The van der Waals surface area contributed by atoms with Crippen molar-refractivity contribution in [1.29, 1.82) is 5.26 Å². The number of carbonyl (C=O) groups excluding carboxylic acids is 1. The zero-order valence-electron chi connectivity index (χ0n) is 13.9. The lowest BCUT2D eigenvalue weighted by atomic mass is 9.61. The van der Waals surface area contributed by atoms with Gasteiger partial charge in [0.15, 0.2) is 0 Å². The quantitative estimate of drug-likeness (QED) is 0.861. The number of fused-ring (bicyclic) bond motifs is 2. The van der Waals surface area contributed by atoms with Crippen molar-refractivity contribution in [2.45, 2.75) is 58.0 Å². The zero-order valence-corrected chi connectivity index (χ0v) is 13.9. The highest BCUT2D eigenvalue weighted by Crippen LogP contribution is 2.60. The molecule has 0 radical (unpaired) electrons. The summed E-state index contributed by atoms with van der Waals surface area (Å²) in [6, 6.07) is 2.00. The fourth-order valence-electron chi connectivity index (χ4n) is 4.55. The summed E-state index contributed by atoms with van der Waals surface area (Å²) in [5, 5.41) is 12.7. The van der Waals surface area contributed by atoms with Crippen LogP contribution in [0, 0.1) is 22.2 Å². The number of hydrogen-bond donors (Lipinski definition) is 1. The van der Waals surface area contributed by atoms with Crippen LogP contribution in [-0.2, 0) is 9.53 Å². The van der Waals surface area contributed by atoms with Crippen molar-refractivity contribution in [3.63, 3.8) is 0 Å². The van der Waals surface area contributed by atoms with Gasteiger partial charge < -0.3 is 15.0 Å². The number of nitriles is 1. The molecule has 2 heterocycles. The predicted molar refractivity (Wildman–Crippen MR) is 83.0 cm³/mol. The third-order valence-corrected chi connectivity index (χ3v) is 6.88. The van der Waals surface area contributed by atoms with Gasteiger partial charge in [-0.1, -0.05) is 20.8 Å². The van der Waals surface area contributed by atoms with Gasteiger partial charge >= 0.3 is 0 Å². The third kappa shape index (κ3) is 2.08. The normalized spacial score (nSPS) is 39.7. The first-order valence-corrected chi connectivity index (χ1v) is 8.37. The van der Waals surface area contributed by atoms with Crippen molar-refractivity contribution in [1.82, 2.24) is 10.2 Å². The molecule has 1 aliphatic carbocycles. The molecule has 22 heavy (non-hydrogen) atoms. The zero-order chi connectivity index (χ0) is 16.0. The maximum atomic E-state index is 12.5. The molecule has 2 bridgehead atoms. The minimum absolute atomic E-state index is 0.0494. The van der Waals surface area contributed by atoms with E-state index < -0.39 is 0 Å². The van der Waals surface area contributed by atoms with Gasteiger partial charge in [-0.3, -0.25) is 4.79 Å². The van der Waals surface area contributed by atoms with E-state index >= 15 is 0 Å². The van der Waals surface area contributed by atoms with E-state index in [1.165, 1.54) is 0 Å². The lowest BCUT2D eigenvalue weighted by Crippen LogP contribution is -2.64. The molecule has 3 rings (SSSR count). The molecule has 5 nitrogen and oxygen atoms in total. The second kappa shape index (κ2) is 5.21. The lowest BCUT2D eigenvalue weighted by Gasteiger charge is -2.53. The SMILES string of the molecule is CC12CC[C@](NCC(=O)N3CCC[C@H]3C#N)(COC1)C2(C)C. The van der Waals surface area contributed by atoms with E-state index in [2.05, 4.69) is 32.2 Å². The first-order valence-electron chi connectivity index (χ1n) is 8.37. The molecule has 5 heteroatoms. The van der Waals surface area contributed by atoms with Gasteiger partial charge in [0, 0.05) is 12.1 Å². The maximum absolute atomic E-state index is 12.5. The van der Waals surface area contributed by atoms with Gasteiger partial charge in [0.2, 0.25) is 5.91 Å². The van der Waals surface area contributed by atoms with Gasteiger partial charge in [-0.15, -0.1) is 0 Å². The minimum Gasteiger partial charge on any atom is -0.379 e. The number of carbonyl (C=O) groups is 1. The summed E-state index contributed by atoms with van der Waals surface area (Å²) >= 11 is 0. The molecule has 3 aliphatic rings. The highest BCUT2D eigenvalue weighted by Gasteiger charge is 2.63. The Morgan fingerprint density at radius 3 is 2.86 bits per heavy atom. The summed E-state index contributed by atoms with van der Waals surface area (Å²) < 4.78 is 5.86. The molecule has 1 amide bonds. The molecule has 122 valence electrons. The van der Waals surface area contributed by atoms with Gasteiger partial charge in [0.25, 0.3) is 0 Å². The van der Waals surface area contributed by atoms with Crippen LogP contribution in [0.25, 0.3) is 0 Å². The molecule has 3 fully saturated rings. The molecule has 0 aromatic heterocycles. The van der Waals surface area contributed by atoms with Gasteiger partial charge in [0.1, 0.15) is 6.04 Å². The fourth-order valence-corrected chi connectivity index (χ4v) is 4.55. The summed E-state index contributed by atoms with van der Waals surface area (Å²) in [5.41, 5.74) is 0.139. The van der Waals surface area contributed by atoms with Crippen molar-refractivity contribution in [2.75, 3.05) is 26.3 Å². The van der Waals surface area contributed by atoms with Crippen LogP contribution < -0.4 is 5.32 Å². The average molecular weight is 305 g/mol. The van der Waals surface area contributed by atoms with Crippen LogP contribution in [0.1, 0.15) is 46.5 Å². The van der Waals surface area contributed by atoms with Crippen molar-refractivity contribution in [3.05, 3.63) is 0 Å². The molecule has 3 atom stereocenters. The standard InChI is InChI=1S/C17H27N3O2/c1-15(2)16(3)6-7-17(15,12-22-11-16)19-10-14(21)20-8-4-5-13(20)9-18/h13,19H,4-8,10-12H2,1-3H3/t13-,16?,17-/m0/s1. The van der Waals surface area contributed by atoms with Crippen molar-refractivity contribution >= 4 is 5.91 Å². The number of likely N-dealkylation sites (tertiary alicyclic amines) is 1. The first-order chi connectivity index (χ1) is 10.4. The van der Waals surface area contributed by atoms with Crippen LogP contribution in [0.2, 0.25) is 0 Å². The van der Waals surface area contributed by atoms with Gasteiger partial charge in [-0.05, 0) is 36.5 Å². The summed E-state index contributed by atoms with van der Waals surface area (Å²) in [5.74, 6) is 0.0494. The van der Waals surface area contributed by atoms with E-state index in [-0.39, 0.29) is 28.3 Å². The van der Waals surface area contributed by atoms with Crippen LogP contribution in [-0.4, -0.2) is 48.7 Å². The Labute approximate surface area is 133 Å². The van der Waals surface area contributed by atoms with E-state index in [1.54, 1.807) is 4.90 Å². The van der Waals surface area contributed by atoms with Crippen molar-refractivity contribution in [3.8, 4) is 6.07 Å². The number of nitrogens with one attached hydrogen (secondary N) is 1. The summed E-state index contributed by atoms with van der Waals surface area (Å²) in [6.07, 6.45) is 3.92. The topological polar surface area (TPSA) is 65.4 Å². The molecular weight excluding hydrogens is 278 g/mol. The summed E-state index contributed by atoms with van der Waals surface area (Å²) in [4.78, 5) is 14.2.